The molecule has 3 heterocycles. The molecular formula is C14H14FN3O. The van der Waals surface area contributed by atoms with E-state index in [1.807, 2.05) is 16.9 Å². The van der Waals surface area contributed by atoms with Gasteiger partial charge in [-0.2, -0.15) is 0 Å². The van der Waals surface area contributed by atoms with E-state index < -0.39 is 0 Å². The first-order valence-corrected chi connectivity index (χ1v) is 6.62. The third kappa shape index (κ3) is 1.69. The van der Waals surface area contributed by atoms with Crippen LogP contribution in [-0.2, 0) is 10.5 Å². The molecule has 0 amide bonds. The number of aromatic nitrogens is 3. The van der Waals surface area contributed by atoms with Gasteiger partial charge in [0.25, 0.3) is 0 Å². The Morgan fingerprint density at radius 2 is 2.32 bits per heavy atom. The van der Waals surface area contributed by atoms with E-state index in [9.17, 15) is 4.39 Å². The standard InChI is InChI=1S/C14H14FN3O/c15-11-4-1-3-10(7-11)13-9-18(17-16-13)14-6-2-5-12(8-14)19-14/h1,3-4,7,9,12H,2,5-6,8H2/t12-,14?/m1/s1. The van der Waals surface area contributed by atoms with Crippen LogP contribution in [0.3, 0.4) is 0 Å². The van der Waals surface area contributed by atoms with Gasteiger partial charge in [0.15, 0.2) is 5.72 Å². The van der Waals surface area contributed by atoms with Crippen LogP contribution in [0.4, 0.5) is 4.39 Å². The van der Waals surface area contributed by atoms with Gasteiger partial charge < -0.3 is 4.74 Å². The highest BCUT2D eigenvalue weighted by Crippen LogP contribution is 2.47. The summed E-state index contributed by atoms with van der Waals surface area (Å²) in [4.78, 5) is 0. The van der Waals surface area contributed by atoms with E-state index in [0.29, 0.717) is 11.8 Å². The van der Waals surface area contributed by atoms with Gasteiger partial charge in [0.1, 0.15) is 11.5 Å². The normalized spacial score (nSPS) is 29.0. The predicted octanol–water partition coefficient (Wildman–Crippen LogP) is 2.71. The summed E-state index contributed by atoms with van der Waals surface area (Å²) in [5.74, 6) is -0.261. The van der Waals surface area contributed by atoms with Crippen molar-refractivity contribution in [3.05, 3.63) is 36.3 Å². The summed E-state index contributed by atoms with van der Waals surface area (Å²) in [6.45, 7) is 0. The summed E-state index contributed by atoms with van der Waals surface area (Å²) in [6.07, 6.45) is 6.55. The molecule has 1 aliphatic carbocycles. The highest BCUT2D eigenvalue weighted by atomic mass is 19.1. The molecule has 2 bridgehead atoms. The summed E-state index contributed by atoms with van der Waals surface area (Å²) in [7, 11) is 0. The molecule has 1 unspecified atom stereocenters. The van der Waals surface area contributed by atoms with Gasteiger partial charge in [-0.05, 0) is 31.4 Å². The number of fused-ring (bicyclic) bond motifs is 2. The maximum absolute atomic E-state index is 13.2. The number of halogens is 1. The number of benzene rings is 1. The van der Waals surface area contributed by atoms with Crippen LogP contribution in [0, 0.1) is 5.82 Å². The molecule has 98 valence electrons. The fourth-order valence-corrected chi connectivity index (χ4v) is 3.09. The molecule has 2 aliphatic heterocycles. The molecule has 1 aromatic heterocycles. The minimum Gasteiger partial charge on any atom is -0.350 e. The Labute approximate surface area is 110 Å². The molecule has 2 aromatic rings. The van der Waals surface area contributed by atoms with E-state index in [-0.39, 0.29) is 11.5 Å². The topological polar surface area (TPSA) is 39.9 Å². The summed E-state index contributed by atoms with van der Waals surface area (Å²) >= 11 is 0. The maximum atomic E-state index is 13.2. The van der Waals surface area contributed by atoms with Crippen molar-refractivity contribution in [3.63, 3.8) is 0 Å². The van der Waals surface area contributed by atoms with E-state index in [1.165, 1.54) is 18.6 Å². The van der Waals surface area contributed by atoms with Crippen LogP contribution in [-0.4, -0.2) is 21.1 Å². The van der Waals surface area contributed by atoms with Crippen LogP contribution < -0.4 is 0 Å². The van der Waals surface area contributed by atoms with Crippen molar-refractivity contribution in [1.82, 2.24) is 15.0 Å². The summed E-state index contributed by atoms with van der Waals surface area (Å²) < 4.78 is 20.9. The van der Waals surface area contributed by atoms with Crippen LogP contribution in [0.25, 0.3) is 11.3 Å². The SMILES string of the molecule is Fc1cccc(-c2cn(C34CCC[C@H](C3)O4)nn2)c1. The average molecular weight is 259 g/mol. The first kappa shape index (κ1) is 11.1. The second kappa shape index (κ2) is 3.87. The summed E-state index contributed by atoms with van der Waals surface area (Å²) in [5, 5.41) is 8.31. The van der Waals surface area contributed by atoms with Crippen molar-refractivity contribution in [2.24, 2.45) is 0 Å². The fourth-order valence-electron chi connectivity index (χ4n) is 3.09. The Bertz CT molecular complexity index is 613. The van der Waals surface area contributed by atoms with Gasteiger partial charge in [0.05, 0.1) is 12.3 Å². The zero-order valence-electron chi connectivity index (χ0n) is 10.4. The van der Waals surface area contributed by atoms with Crippen LogP contribution >= 0.6 is 0 Å². The van der Waals surface area contributed by atoms with Crippen molar-refractivity contribution >= 4 is 0 Å². The number of ether oxygens (including phenoxy) is 1. The molecule has 1 saturated carbocycles. The number of nitrogens with zero attached hydrogens (tertiary/aromatic N) is 3. The summed E-state index contributed by atoms with van der Waals surface area (Å²) in [5.41, 5.74) is 1.14. The minimum absolute atomic E-state index is 0.261. The van der Waals surface area contributed by atoms with Crippen LogP contribution in [0.15, 0.2) is 30.5 Å². The lowest BCUT2D eigenvalue weighted by Gasteiger charge is -2.51. The van der Waals surface area contributed by atoms with Crippen LogP contribution in [0.2, 0.25) is 0 Å². The Morgan fingerprint density at radius 1 is 1.42 bits per heavy atom. The van der Waals surface area contributed by atoms with Gasteiger partial charge in [-0.15, -0.1) is 5.10 Å². The predicted molar refractivity (Wildman–Crippen MR) is 66.7 cm³/mol. The maximum Gasteiger partial charge on any atom is 0.165 e. The fraction of sp³-hybridized carbons (Fsp3) is 0.429. The molecule has 0 radical (unpaired) electrons. The largest absolute Gasteiger partial charge is 0.350 e. The second-order valence-corrected chi connectivity index (χ2v) is 5.34. The van der Waals surface area contributed by atoms with Gasteiger partial charge >= 0.3 is 0 Å². The third-order valence-electron chi connectivity index (χ3n) is 4.06. The molecule has 3 fully saturated rings. The quantitative estimate of drug-likeness (QED) is 0.832. The summed E-state index contributed by atoms with van der Waals surface area (Å²) in [6, 6.07) is 6.41. The van der Waals surface area contributed by atoms with Gasteiger partial charge in [0.2, 0.25) is 0 Å². The molecule has 2 saturated heterocycles. The Morgan fingerprint density at radius 3 is 3.05 bits per heavy atom. The first-order chi connectivity index (χ1) is 9.25. The van der Waals surface area contributed by atoms with Crippen LogP contribution in [0.1, 0.15) is 25.7 Å². The van der Waals surface area contributed by atoms with Gasteiger partial charge in [-0.25, -0.2) is 9.07 Å². The number of rotatable bonds is 2. The molecule has 2 atom stereocenters. The molecule has 4 nitrogen and oxygen atoms in total. The molecule has 0 N–H and O–H groups in total. The molecule has 1 aromatic carbocycles. The van der Waals surface area contributed by atoms with Crippen molar-refractivity contribution in [2.45, 2.75) is 37.5 Å². The molecule has 0 spiro atoms. The lowest BCUT2D eigenvalue weighted by molar-refractivity contribution is -0.290. The van der Waals surface area contributed by atoms with Crippen molar-refractivity contribution in [3.8, 4) is 11.3 Å². The zero-order chi connectivity index (χ0) is 12.9. The van der Waals surface area contributed by atoms with Gasteiger partial charge in [-0.3, -0.25) is 0 Å². The lowest BCUT2D eigenvalue weighted by Crippen LogP contribution is -2.55. The number of hydrogen-bond donors (Lipinski definition) is 0. The Hall–Kier alpha value is -1.75. The van der Waals surface area contributed by atoms with E-state index >= 15 is 0 Å². The third-order valence-corrected chi connectivity index (χ3v) is 4.06. The molecule has 5 rings (SSSR count). The van der Waals surface area contributed by atoms with Crippen LogP contribution in [0.5, 0.6) is 0 Å². The van der Waals surface area contributed by atoms with E-state index in [0.717, 1.165) is 24.8 Å². The molecule has 19 heavy (non-hydrogen) atoms. The van der Waals surface area contributed by atoms with Crippen molar-refractivity contribution in [1.29, 1.82) is 0 Å². The second-order valence-electron chi connectivity index (χ2n) is 5.34. The van der Waals surface area contributed by atoms with E-state index in [2.05, 4.69) is 10.3 Å². The van der Waals surface area contributed by atoms with E-state index in [1.54, 1.807) is 6.07 Å². The van der Waals surface area contributed by atoms with Gasteiger partial charge in [0, 0.05) is 12.0 Å². The Kier molecular flexibility index (Phi) is 2.26. The lowest BCUT2D eigenvalue weighted by atomic mass is 9.83. The minimum atomic E-state index is -0.290. The average Bonchev–Trinajstić information content (AvgIpc) is 2.88. The first-order valence-electron chi connectivity index (χ1n) is 6.62. The molecule has 5 heteroatoms. The Balaban J connectivity index is 1.67. The number of hydrogen-bond acceptors (Lipinski definition) is 3. The highest BCUT2D eigenvalue weighted by Gasteiger charge is 2.50. The monoisotopic (exact) mass is 259 g/mol. The highest BCUT2D eigenvalue weighted by molar-refractivity contribution is 5.57. The van der Waals surface area contributed by atoms with Crippen molar-refractivity contribution in [2.75, 3.05) is 0 Å². The van der Waals surface area contributed by atoms with E-state index in [4.69, 9.17) is 4.74 Å². The molecular weight excluding hydrogens is 245 g/mol. The smallest absolute Gasteiger partial charge is 0.165 e. The zero-order valence-corrected chi connectivity index (χ0v) is 10.4. The molecule has 3 aliphatic rings. The van der Waals surface area contributed by atoms with Crippen molar-refractivity contribution < 1.29 is 9.13 Å². The van der Waals surface area contributed by atoms with Gasteiger partial charge in [-0.1, -0.05) is 17.3 Å².